The van der Waals surface area contributed by atoms with E-state index >= 15 is 0 Å². The van der Waals surface area contributed by atoms with Gasteiger partial charge in [-0.15, -0.1) is 10.2 Å². The fourth-order valence-corrected chi connectivity index (χ4v) is 2.58. The second-order valence-corrected chi connectivity index (χ2v) is 5.57. The molecule has 0 spiro atoms. The van der Waals surface area contributed by atoms with Gasteiger partial charge in [-0.1, -0.05) is 6.07 Å². The van der Waals surface area contributed by atoms with Crippen LogP contribution >= 0.6 is 11.3 Å². The summed E-state index contributed by atoms with van der Waals surface area (Å²) in [5.74, 6) is -0.469. The molecule has 2 heterocycles. The number of carbonyl (C=O) groups is 1. The second-order valence-electron chi connectivity index (χ2n) is 4.79. The third kappa shape index (κ3) is 3.74. The Morgan fingerprint density at radius 3 is 2.96 bits per heavy atom. The largest absolute Gasteiger partial charge is 0.494 e. The molecular formula is C15H13FN4O3S. The van der Waals surface area contributed by atoms with Crippen molar-refractivity contribution in [3.05, 3.63) is 46.4 Å². The van der Waals surface area contributed by atoms with E-state index in [-0.39, 0.29) is 18.9 Å². The molecule has 0 atom stereocenters. The van der Waals surface area contributed by atoms with Crippen molar-refractivity contribution < 1.29 is 18.7 Å². The third-order valence-corrected chi connectivity index (χ3v) is 3.80. The number of thiophene rings is 1. The van der Waals surface area contributed by atoms with Crippen LogP contribution in [-0.4, -0.2) is 33.3 Å². The Balaban J connectivity index is 1.55. The van der Waals surface area contributed by atoms with Crippen LogP contribution in [0.25, 0.3) is 11.4 Å². The highest BCUT2D eigenvalue weighted by atomic mass is 32.1. The van der Waals surface area contributed by atoms with Gasteiger partial charge in [0.05, 0.1) is 7.11 Å². The molecule has 0 bridgehead atoms. The Morgan fingerprint density at radius 2 is 2.25 bits per heavy atom. The summed E-state index contributed by atoms with van der Waals surface area (Å²) in [7, 11) is 1.38. The van der Waals surface area contributed by atoms with E-state index in [2.05, 4.69) is 15.4 Å². The van der Waals surface area contributed by atoms with Crippen molar-refractivity contribution in [3.8, 4) is 17.1 Å². The van der Waals surface area contributed by atoms with Crippen molar-refractivity contribution in [2.45, 2.75) is 13.2 Å². The summed E-state index contributed by atoms with van der Waals surface area (Å²) in [5.41, 5.74) is 1.36. The molecule has 3 rings (SSSR count). The summed E-state index contributed by atoms with van der Waals surface area (Å²) in [4.78, 5) is 13.0. The van der Waals surface area contributed by atoms with Crippen molar-refractivity contribution in [1.82, 2.24) is 20.2 Å². The molecule has 0 saturated heterocycles. The number of hydrogen-bond acceptors (Lipinski definition) is 7. The molecule has 0 aliphatic carbocycles. The lowest BCUT2D eigenvalue weighted by molar-refractivity contribution is -0.146. The minimum absolute atomic E-state index is 0.0498. The van der Waals surface area contributed by atoms with Gasteiger partial charge in [-0.2, -0.15) is 16.1 Å². The number of aromatic nitrogens is 4. The molecule has 0 saturated carbocycles. The number of esters is 1. The topological polar surface area (TPSA) is 79.1 Å². The van der Waals surface area contributed by atoms with Gasteiger partial charge in [0.2, 0.25) is 5.82 Å². The molecule has 0 aliphatic rings. The molecule has 9 heteroatoms. The SMILES string of the molecule is COc1ccc(COC(=O)Cn2nnc(-c3ccsc3)n2)cc1F. The molecule has 124 valence electrons. The number of carbonyl (C=O) groups excluding carboxylic acids is 1. The zero-order valence-electron chi connectivity index (χ0n) is 12.7. The predicted molar refractivity (Wildman–Crippen MR) is 83.9 cm³/mol. The lowest BCUT2D eigenvalue weighted by Gasteiger charge is -2.06. The fourth-order valence-electron chi connectivity index (χ4n) is 1.94. The number of ether oxygens (including phenoxy) is 2. The van der Waals surface area contributed by atoms with E-state index in [4.69, 9.17) is 9.47 Å². The molecule has 3 aromatic rings. The zero-order valence-corrected chi connectivity index (χ0v) is 13.5. The Hall–Kier alpha value is -2.81. The van der Waals surface area contributed by atoms with Gasteiger partial charge in [0.1, 0.15) is 6.61 Å². The highest BCUT2D eigenvalue weighted by molar-refractivity contribution is 7.08. The fraction of sp³-hybridized carbons (Fsp3) is 0.200. The third-order valence-electron chi connectivity index (χ3n) is 3.12. The van der Waals surface area contributed by atoms with Gasteiger partial charge >= 0.3 is 5.97 Å². The predicted octanol–water partition coefficient (Wildman–Crippen LogP) is 2.29. The first-order chi connectivity index (χ1) is 11.7. The standard InChI is InChI=1S/C15H13FN4O3S/c1-22-13-3-2-10(6-12(13)16)8-23-14(21)7-20-18-15(17-19-20)11-4-5-24-9-11/h2-6,9H,7-8H2,1H3. The van der Waals surface area contributed by atoms with Gasteiger partial charge in [0, 0.05) is 10.9 Å². The first-order valence-electron chi connectivity index (χ1n) is 6.94. The van der Waals surface area contributed by atoms with Gasteiger partial charge in [0.15, 0.2) is 18.1 Å². The molecule has 0 fully saturated rings. The van der Waals surface area contributed by atoms with Crippen LogP contribution in [0.15, 0.2) is 35.0 Å². The number of rotatable bonds is 6. The molecule has 24 heavy (non-hydrogen) atoms. The van der Waals surface area contributed by atoms with E-state index in [0.717, 1.165) is 10.4 Å². The van der Waals surface area contributed by atoms with Crippen molar-refractivity contribution in [3.63, 3.8) is 0 Å². The monoisotopic (exact) mass is 348 g/mol. The van der Waals surface area contributed by atoms with Crippen molar-refractivity contribution in [1.29, 1.82) is 0 Å². The Morgan fingerprint density at radius 1 is 1.38 bits per heavy atom. The van der Waals surface area contributed by atoms with E-state index in [9.17, 15) is 9.18 Å². The van der Waals surface area contributed by atoms with E-state index in [1.54, 1.807) is 6.07 Å². The maximum atomic E-state index is 13.6. The van der Waals surface area contributed by atoms with Gasteiger partial charge < -0.3 is 9.47 Å². The van der Waals surface area contributed by atoms with Crippen LogP contribution in [-0.2, 0) is 22.7 Å². The maximum absolute atomic E-state index is 13.6. The Bertz CT molecular complexity index is 835. The maximum Gasteiger partial charge on any atom is 0.330 e. The van der Waals surface area contributed by atoms with E-state index in [0.29, 0.717) is 11.4 Å². The molecule has 0 aliphatic heterocycles. The minimum Gasteiger partial charge on any atom is -0.494 e. The first-order valence-corrected chi connectivity index (χ1v) is 7.88. The summed E-state index contributed by atoms with van der Waals surface area (Å²) in [6, 6.07) is 6.22. The molecule has 2 aromatic heterocycles. The molecule has 0 radical (unpaired) electrons. The van der Waals surface area contributed by atoms with Crippen LogP contribution < -0.4 is 4.74 Å². The number of benzene rings is 1. The highest BCUT2D eigenvalue weighted by Gasteiger charge is 2.11. The van der Waals surface area contributed by atoms with Crippen molar-refractivity contribution in [2.75, 3.05) is 7.11 Å². The molecule has 0 amide bonds. The summed E-state index contributed by atoms with van der Waals surface area (Å²) in [5, 5.41) is 15.6. The summed E-state index contributed by atoms with van der Waals surface area (Å²) in [6.07, 6.45) is 0. The summed E-state index contributed by atoms with van der Waals surface area (Å²) in [6.45, 7) is -0.221. The molecular weight excluding hydrogens is 335 g/mol. The Labute approximate surface area is 140 Å². The van der Waals surface area contributed by atoms with Crippen LogP contribution in [0.5, 0.6) is 5.75 Å². The molecule has 7 nitrogen and oxygen atoms in total. The van der Waals surface area contributed by atoms with Gasteiger partial charge in [-0.05, 0) is 34.4 Å². The lowest BCUT2D eigenvalue weighted by Crippen LogP contribution is -2.15. The summed E-state index contributed by atoms with van der Waals surface area (Å²) < 4.78 is 23.5. The first kappa shape index (κ1) is 16.1. The molecule has 1 aromatic carbocycles. The quantitative estimate of drug-likeness (QED) is 0.636. The smallest absolute Gasteiger partial charge is 0.330 e. The lowest BCUT2D eigenvalue weighted by atomic mass is 10.2. The van der Waals surface area contributed by atoms with Crippen molar-refractivity contribution in [2.24, 2.45) is 0 Å². The number of halogens is 1. The number of methoxy groups -OCH3 is 1. The second kappa shape index (κ2) is 7.18. The average molecular weight is 348 g/mol. The minimum atomic E-state index is -0.541. The highest BCUT2D eigenvalue weighted by Crippen LogP contribution is 2.18. The van der Waals surface area contributed by atoms with Crippen LogP contribution in [0.4, 0.5) is 4.39 Å². The number of nitrogens with zero attached hydrogens (tertiary/aromatic N) is 4. The average Bonchev–Trinajstić information content (AvgIpc) is 3.24. The van der Waals surface area contributed by atoms with Crippen LogP contribution in [0.1, 0.15) is 5.56 Å². The molecule has 0 N–H and O–H groups in total. The van der Waals surface area contributed by atoms with Gasteiger partial charge in [-0.3, -0.25) is 0 Å². The van der Waals surface area contributed by atoms with Gasteiger partial charge in [-0.25, -0.2) is 9.18 Å². The van der Waals surface area contributed by atoms with Crippen LogP contribution in [0.3, 0.4) is 0 Å². The van der Waals surface area contributed by atoms with E-state index in [1.165, 1.54) is 30.6 Å². The molecule has 0 unspecified atom stereocenters. The van der Waals surface area contributed by atoms with E-state index in [1.807, 2.05) is 16.8 Å². The number of hydrogen-bond donors (Lipinski definition) is 0. The zero-order chi connectivity index (χ0) is 16.9. The van der Waals surface area contributed by atoms with Crippen LogP contribution in [0.2, 0.25) is 0 Å². The van der Waals surface area contributed by atoms with Crippen molar-refractivity contribution >= 4 is 17.3 Å². The Kier molecular flexibility index (Phi) is 4.80. The number of tetrazole rings is 1. The van der Waals surface area contributed by atoms with E-state index < -0.39 is 11.8 Å². The van der Waals surface area contributed by atoms with Crippen LogP contribution in [0, 0.1) is 5.82 Å². The normalized spacial score (nSPS) is 10.6. The summed E-state index contributed by atoms with van der Waals surface area (Å²) >= 11 is 1.52. The van der Waals surface area contributed by atoms with Gasteiger partial charge in [0.25, 0.3) is 0 Å².